The number of hydrogen-bond acceptors (Lipinski definition) is 4. The molecule has 2 aromatic heterocycles. The number of aromatic nitrogens is 2. The quantitative estimate of drug-likeness (QED) is 0.845. The molecule has 0 aromatic carbocycles. The SMILES string of the molecule is COCC1Cc2c(ncn2C)CN1C(=O)c1ccco1. The van der Waals surface area contributed by atoms with Crippen molar-refractivity contribution >= 4 is 5.91 Å². The molecule has 0 N–H and O–H groups in total. The van der Waals surface area contributed by atoms with E-state index in [9.17, 15) is 4.79 Å². The Labute approximate surface area is 117 Å². The van der Waals surface area contributed by atoms with E-state index in [1.54, 1.807) is 30.5 Å². The number of rotatable bonds is 3. The molecule has 0 saturated heterocycles. The molecule has 20 heavy (non-hydrogen) atoms. The van der Waals surface area contributed by atoms with Gasteiger partial charge in [0.1, 0.15) is 0 Å². The summed E-state index contributed by atoms with van der Waals surface area (Å²) < 4.78 is 12.5. The second kappa shape index (κ2) is 5.13. The van der Waals surface area contributed by atoms with Gasteiger partial charge in [-0.05, 0) is 12.1 Å². The van der Waals surface area contributed by atoms with Crippen molar-refractivity contribution in [2.24, 2.45) is 7.05 Å². The fourth-order valence-electron chi connectivity index (χ4n) is 2.64. The largest absolute Gasteiger partial charge is 0.459 e. The molecule has 0 fully saturated rings. The lowest BCUT2D eigenvalue weighted by atomic mass is 10.0. The van der Waals surface area contributed by atoms with Crippen molar-refractivity contribution in [1.29, 1.82) is 0 Å². The molecule has 0 spiro atoms. The highest BCUT2D eigenvalue weighted by atomic mass is 16.5. The minimum absolute atomic E-state index is 0.000463. The van der Waals surface area contributed by atoms with E-state index in [1.807, 2.05) is 11.6 Å². The molecule has 2 aromatic rings. The lowest BCUT2D eigenvalue weighted by molar-refractivity contribution is 0.0440. The number of aryl methyl sites for hydroxylation is 1. The van der Waals surface area contributed by atoms with Gasteiger partial charge < -0.3 is 18.6 Å². The summed E-state index contributed by atoms with van der Waals surface area (Å²) in [6.45, 7) is 0.987. The second-order valence-corrected chi connectivity index (χ2v) is 4.97. The molecule has 1 amide bonds. The van der Waals surface area contributed by atoms with Gasteiger partial charge in [-0.3, -0.25) is 4.79 Å². The van der Waals surface area contributed by atoms with E-state index in [-0.39, 0.29) is 11.9 Å². The topological polar surface area (TPSA) is 60.5 Å². The van der Waals surface area contributed by atoms with Crippen LogP contribution in [-0.4, -0.2) is 40.1 Å². The fraction of sp³-hybridized carbons (Fsp3) is 0.429. The molecular weight excluding hydrogens is 258 g/mol. The number of furan rings is 1. The van der Waals surface area contributed by atoms with Crippen LogP contribution in [0.25, 0.3) is 0 Å². The van der Waals surface area contributed by atoms with Gasteiger partial charge in [0.2, 0.25) is 0 Å². The minimum atomic E-state index is -0.117. The molecule has 1 aliphatic heterocycles. The first-order valence-corrected chi connectivity index (χ1v) is 6.53. The van der Waals surface area contributed by atoms with E-state index in [0.29, 0.717) is 18.9 Å². The summed E-state index contributed by atoms with van der Waals surface area (Å²) in [5.74, 6) is 0.235. The number of nitrogens with zero attached hydrogens (tertiary/aromatic N) is 3. The third-order valence-electron chi connectivity index (χ3n) is 3.69. The Morgan fingerprint density at radius 1 is 1.60 bits per heavy atom. The maximum atomic E-state index is 12.5. The van der Waals surface area contributed by atoms with Gasteiger partial charge in [-0.15, -0.1) is 0 Å². The zero-order valence-electron chi connectivity index (χ0n) is 11.6. The Morgan fingerprint density at radius 2 is 2.45 bits per heavy atom. The molecule has 1 atom stereocenters. The second-order valence-electron chi connectivity index (χ2n) is 4.97. The summed E-state index contributed by atoms with van der Waals surface area (Å²) in [6.07, 6.45) is 4.04. The van der Waals surface area contributed by atoms with Crippen molar-refractivity contribution in [2.45, 2.75) is 19.0 Å². The van der Waals surface area contributed by atoms with Crippen LogP contribution in [0.1, 0.15) is 21.9 Å². The number of amides is 1. The van der Waals surface area contributed by atoms with E-state index in [1.165, 1.54) is 6.26 Å². The standard InChI is InChI=1S/C14H17N3O3/c1-16-9-15-11-7-17(10(8-19-2)6-12(11)16)14(18)13-4-3-5-20-13/h3-5,9-10H,6-8H2,1-2H3. The van der Waals surface area contributed by atoms with Crippen molar-refractivity contribution < 1.29 is 13.9 Å². The summed E-state index contributed by atoms with van der Waals surface area (Å²) >= 11 is 0. The molecule has 6 nitrogen and oxygen atoms in total. The van der Waals surface area contributed by atoms with Crippen molar-refractivity contribution in [3.05, 3.63) is 41.9 Å². The predicted octanol–water partition coefficient (Wildman–Crippen LogP) is 1.23. The molecule has 0 bridgehead atoms. The number of fused-ring (bicyclic) bond motifs is 1. The van der Waals surface area contributed by atoms with Crippen LogP contribution in [0.4, 0.5) is 0 Å². The van der Waals surface area contributed by atoms with E-state index in [0.717, 1.165) is 17.8 Å². The van der Waals surface area contributed by atoms with Gasteiger partial charge in [0, 0.05) is 26.3 Å². The van der Waals surface area contributed by atoms with Crippen molar-refractivity contribution in [3.63, 3.8) is 0 Å². The zero-order valence-corrected chi connectivity index (χ0v) is 11.6. The van der Waals surface area contributed by atoms with Crippen LogP contribution in [0.5, 0.6) is 0 Å². The van der Waals surface area contributed by atoms with Crippen LogP contribution >= 0.6 is 0 Å². The molecule has 6 heteroatoms. The van der Waals surface area contributed by atoms with Crippen molar-refractivity contribution in [1.82, 2.24) is 14.5 Å². The Kier molecular flexibility index (Phi) is 3.31. The Hall–Kier alpha value is -2.08. The predicted molar refractivity (Wildman–Crippen MR) is 71.2 cm³/mol. The summed E-state index contributed by atoms with van der Waals surface area (Å²) in [5, 5.41) is 0. The first kappa shape index (κ1) is 12.9. The smallest absolute Gasteiger partial charge is 0.290 e. The molecule has 1 aliphatic rings. The van der Waals surface area contributed by atoms with Crippen molar-refractivity contribution in [2.75, 3.05) is 13.7 Å². The maximum absolute atomic E-state index is 12.5. The third-order valence-corrected chi connectivity index (χ3v) is 3.69. The van der Waals surface area contributed by atoms with Gasteiger partial charge in [0.15, 0.2) is 5.76 Å². The van der Waals surface area contributed by atoms with E-state index < -0.39 is 0 Å². The molecule has 3 rings (SSSR count). The van der Waals surface area contributed by atoms with E-state index in [2.05, 4.69) is 4.98 Å². The molecular formula is C14H17N3O3. The number of imidazole rings is 1. The highest BCUT2D eigenvalue weighted by molar-refractivity contribution is 5.91. The molecule has 3 heterocycles. The third kappa shape index (κ3) is 2.12. The summed E-state index contributed by atoms with van der Waals surface area (Å²) in [7, 11) is 3.62. The number of hydrogen-bond donors (Lipinski definition) is 0. The monoisotopic (exact) mass is 275 g/mol. The normalized spacial score (nSPS) is 18.1. The van der Waals surface area contributed by atoms with Crippen LogP contribution in [0, 0.1) is 0 Å². The number of carbonyl (C=O) groups is 1. The average molecular weight is 275 g/mol. The summed E-state index contributed by atoms with van der Waals surface area (Å²) in [5.41, 5.74) is 2.11. The van der Waals surface area contributed by atoms with E-state index in [4.69, 9.17) is 9.15 Å². The first-order valence-electron chi connectivity index (χ1n) is 6.53. The number of ether oxygens (including phenoxy) is 1. The van der Waals surface area contributed by atoms with Gasteiger partial charge in [0.05, 0.1) is 37.5 Å². The highest BCUT2D eigenvalue weighted by Crippen LogP contribution is 2.24. The van der Waals surface area contributed by atoms with Crippen LogP contribution in [0.3, 0.4) is 0 Å². The Balaban J connectivity index is 1.90. The number of methoxy groups -OCH3 is 1. The average Bonchev–Trinajstić information content (AvgIpc) is 3.09. The zero-order chi connectivity index (χ0) is 14.1. The number of carbonyl (C=O) groups excluding carboxylic acids is 1. The first-order chi connectivity index (χ1) is 9.70. The maximum Gasteiger partial charge on any atom is 0.290 e. The van der Waals surface area contributed by atoms with E-state index >= 15 is 0 Å². The molecule has 1 unspecified atom stereocenters. The van der Waals surface area contributed by atoms with Crippen molar-refractivity contribution in [3.8, 4) is 0 Å². The lowest BCUT2D eigenvalue weighted by Gasteiger charge is -2.34. The van der Waals surface area contributed by atoms with Gasteiger partial charge >= 0.3 is 0 Å². The van der Waals surface area contributed by atoms with Gasteiger partial charge in [0.25, 0.3) is 5.91 Å². The molecule has 0 saturated carbocycles. The Bertz CT molecular complexity index is 603. The Morgan fingerprint density at radius 3 is 3.15 bits per heavy atom. The van der Waals surface area contributed by atoms with Crippen LogP contribution in [-0.2, 0) is 24.8 Å². The summed E-state index contributed by atoms with van der Waals surface area (Å²) in [4.78, 5) is 18.6. The minimum Gasteiger partial charge on any atom is -0.459 e. The highest BCUT2D eigenvalue weighted by Gasteiger charge is 2.33. The van der Waals surface area contributed by atoms with Crippen LogP contribution in [0.15, 0.2) is 29.1 Å². The summed E-state index contributed by atoms with van der Waals surface area (Å²) in [6, 6.07) is 3.40. The lowest BCUT2D eigenvalue weighted by Crippen LogP contribution is -2.46. The fourth-order valence-corrected chi connectivity index (χ4v) is 2.64. The van der Waals surface area contributed by atoms with Crippen LogP contribution < -0.4 is 0 Å². The molecule has 0 aliphatic carbocycles. The molecule has 0 radical (unpaired) electrons. The van der Waals surface area contributed by atoms with Gasteiger partial charge in [-0.1, -0.05) is 0 Å². The molecule has 106 valence electrons. The van der Waals surface area contributed by atoms with Gasteiger partial charge in [-0.25, -0.2) is 4.98 Å². The van der Waals surface area contributed by atoms with Crippen LogP contribution in [0.2, 0.25) is 0 Å². The van der Waals surface area contributed by atoms with Gasteiger partial charge in [-0.2, -0.15) is 0 Å².